The smallest absolute Gasteiger partial charge is 0.264 e. The van der Waals surface area contributed by atoms with Gasteiger partial charge >= 0.3 is 0 Å². The van der Waals surface area contributed by atoms with E-state index in [0.29, 0.717) is 5.56 Å². The molecule has 0 saturated carbocycles. The maximum Gasteiger partial charge on any atom is 0.264 e. The number of carbonyl (C=O) groups excluding carboxylic acids is 2. The molecule has 1 atom stereocenters. The summed E-state index contributed by atoms with van der Waals surface area (Å²) in [4.78, 5) is 23.8. The fraction of sp³-hybridized carbons (Fsp3) is 0.467. The molecular weight excluding hydrogens is 340 g/mol. The van der Waals surface area contributed by atoms with Crippen molar-refractivity contribution in [2.45, 2.75) is 45.1 Å². The fourth-order valence-electron chi connectivity index (χ4n) is 1.98. The number of halogens is 1. The van der Waals surface area contributed by atoms with Crippen molar-refractivity contribution in [2.24, 2.45) is 5.92 Å². The molecule has 128 valence electrons. The number of carbonyl (C=O) groups is 2. The molecule has 0 aliphatic rings. The van der Waals surface area contributed by atoms with Crippen LogP contribution in [0, 0.1) is 12.8 Å². The summed E-state index contributed by atoms with van der Waals surface area (Å²) in [5, 5.41) is 2.76. The predicted octanol–water partition coefficient (Wildman–Crippen LogP) is 2.00. The van der Waals surface area contributed by atoms with E-state index in [1.54, 1.807) is 32.9 Å². The number of amides is 2. The van der Waals surface area contributed by atoms with E-state index in [2.05, 4.69) is 5.32 Å². The van der Waals surface area contributed by atoms with Crippen LogP contribution >= 0.6 is 11.6 Å². The summed E-state index contributed by atoms with van der Waals surface area (Å²) in [5.41, 5.74) is -0.897. The molecule has 6 nitrogen and oxygen atoms in total. The quantitative estimate of drug-likeness (QED) is 0.840. The van der Waals surface area contributed by atoms with E-state index in [1.165, 1.54) is 19.9 Å². The highest BCUT2D eigenvalue weighted by Gasteiger charge is 2.39. The van der Waals surface area contributed by atoms with Crippen molar-refractivity contribution in [1.82, 2.24) is 10.0 Å². The second-order valence-electron chi connectivity index (χ2n) is 5.88. The molecule has 23 heavy (non-hydrogen) atoms. The van der Waals surface area contributed by atoms with Crippen molar-refractivity contribution in [3.05, 3.63) is 28.8 Å². The zero-order chi connectivity index (χ0) is 18.0. The number of hydrogen-bond acceptors (Lipinski definition) is 4. The Hall–Kier alpha value is -1.60. The highest BCUT2D eigenvalue weighted by Crippen LogP contribution is 2.22. The molecular formula is C15H21ClN2O4S. The number of nitrogens with one attached hydrogen (secondary N) is 2. The zero-order valence-corrected chi connectivity index (χ0v) is 15.3. The van der Waals surface area contributed by atoms with Crippen LogP contribution in [0.15, 0.2) is 23.1 Å². The molecule has 2 amide bonds. The van der Waals surface area contributed by atoms with E-state index in [0.717, 1.165) is 0 Å². The molecule has 0 aliphatic heterocycles. The van der Waals surface area contributed by atoms with Gasteiger partial charge in [0.05, 0.1) is 4.90 Å². The monoisotopic (exact) mass is 360 g/mol. The van der Waals surface area contributed by atoms with Gasteiger partial charge in [0, 0.05) is 11.9 Å². The number of rotatable bonds is 5. The Balaban J connectivity index is 3.20. The van der Waals surface area contributed by atoms with Gasteiger partial charge in [-0.15, -0.1) is 0 Å². The van der Waals surface area contributed by atoms with Crippen LogP contribution in [0.4, 0.5) is 0 Å². The summed E-state index contributed by atoms with van der Waals surface area (Å²) >= 11 is 5.83. The Labute approximate surface area is 141 Å². The molecule has 1 unspecified atom stereocenters. The Morgan fingerprint density at radius 1 is 1.26 bits per heavy atom. The van der Waals surface area contributed by atoms with E-state index in [1.807, 2.05) is 4.72 Å². The van der Waals surface area contributed by atoms with Crippen LogP contribution in [0.25, 0.3) is 0 Å². The van der Waals surface area contributed by atoms with E-state index in [9.17, 15) is 18.0 Å². The maximum atomic E-state index is 12.5. The fourth-order valence-corrected chi connectivity index (χ4v) is 3.55. The minimum Gasteiger partial charge on any atom is -0.342 e. The second-order valence-corrected chi connectivity index (χ2v) is 7.97. The molecule has 0 saturated heterocycles. The largest absolute Gasteiger partial charge is 0.342 e. The third kappa shape index (κ3) is 4.45. The molecule has 0 aliphatic carbocycles. The van der Waals surface area contributed by atoms with Gasteiger partial charge in [-0.25, -0.2) is 13.1 Å². The van der Waals surface area contributed by atoms with Crippen LogP contribution in [0.5, 0.6) is 0 Å². The van der Waals surface area contributed by atoms with Crippen LogP contribution in [-0.2, 0) is 19.6 Å². The summed E-state index contributed by atoms with van der Waals surface area (Å²) in [6.07, 6.45) is 0. The average molecular weight is 361 g/mol. The summed E-state index contributed by atoms with van der Waals surface area (Å²) in [6.45, 7) is 7.78. The zero-order valence-electron chi connectivity index (χ0n) is 13.7. The second kappa shape index (κ2) is 6.88. The van der Waals surface area contributed by atoms with Gasteiger partial charge in [-0.05, 0) is 37.5 Å². The van der Waals surface area contributed by atoms with E-state index in [-0.39, 0.29) is 15.8 Å². The Morgan fingerprint density at radius 3 is 2.30 bits per heavy atom. The van der Waals surface area contributed by atoms with Gasteiger partial charge < -0.3 is 5.32 Å². The molecule has 0 bridgehead atoms. The Morgan fingerprint density at radius 2 is 1.83 bits per heavy atom. The van der Waals surface area contributed by atoms with Gasteiger partial charge in [0.15, 0.2) is 0 Å². The van der Waals surface area contributed by atoms with Gasteiger partial charge in [-0.3, -0.25) is 9.59 Å². The normalized spacial score (nSPS) is 14.2. The standard InChI is InChI=1S/C15H21ClN2O4S/c1-9(2)15(5,17-11(4)19)14(20)18-23(21,22)13-8-12(16)7-6-10(13)3/h6-9H,1-5H3,(H,17,19)(H,18,20). The molecule has 0 aromatic heterocycles. The lowest BCUT2D eigenvalue weighted by molar-refractivity contribution is -0.132. The summed E-state index contributed by atoms with van der Waals surface area (Å²) in [6, 6.07) is 4.39. The van der Waals surface area contributed by atoms with Gasteiger partial charge in [-0.1, -0.05) is 31.5 Å². The SMILES string of the molecule is CC(=O)NC(C)(C(=O)NS(=O)(=O)c1cc(Cl)ccc1C)C(C)C. The van der Waals surface area contributed by atoms with E-state index >= 15 is 0 Å². The lowest BCUT2D eigenvalue weighted by atomic mass is 9.87. The van der Waals surface area contributed by atoms with Crippen molar-refractivity contribution in [1.29, 1.82) is 0 Å². The van der Waals surface area contributed by atoms with Gasteiger partial charge in [-0.2, -0.15) is 0 Å². The number of sulfonamides is 1. The summed E-state index contributed by atoms with van der Waals surface area (Å²) < 4.78 is 27.0. The highest BCUT2D eigenvalue weighted by atomic mass is 35.5. The first-order valence-corrected chi connectivity index (χ1v) is 8.88. The van der Waals surface area contributed by atoms with Crippen molar-refractivity contribution < 1.29 is 18.0 Å². The summed E-state index contributed by atoms with van der Waals surface area (Å²) in [7, 11) is -4.10. The average Bonchev–Trinajstić information content (AvgIpc) is 2.39. The minimum atomic E-state index is -4.10. The maximum absolute atomic E-state index is 12.5. The first-order chi connectivity index (χ1) is 10.4. The Bertz CT molecular complexity index is 731. The topological polar surface area (TPSA) is 92.3 Å². The van der Waals surface area contributed by atoms with Gasteiger partial charge in [0.1, 0.15) is 5.54 Å². The molecule has 8 heteroatoms. The Kier molecular flexibility index (Phi) is 5.82. The molecule has 0 spiro atoms. The molecule has 0 radical (unpaired) electrons. The van der Waals surface area contributed by atoms with E-state index in [4.69, 9.17) is 11.6 Å². The molecule has 2 N–H and O–H groups in total. The lowest BCUT2D eigenvalue weighted by Gasteiger charge is -2.32. The molecule has 0 heterocycles. The van der Waals surface area contributed by atoms with E-state index < -0.39 is 27.4 Å². The first kappa shape index (κ1) is 19.4. The van der Waals surface area contributed by atoms with Crippen LogP contribution in [0.2, 0.25) is 5.02 Å². The lowest BCUT2D eigenvalue weighted by Crippen LogP contribution is -2.60. The van der Waals surface area contributed by atoms with Crippen LogP contribution in [0.1, 0.15) is 33.3 Å². The third-order valence-electron chi connectivity index (χ3n) is 3.73. The van der Waals surface area contributed by atoms with Crippen molar-refractivity contribution in [2.75, 3.05) is 0 Å². The van der Waals surface area contributed by atoms with Gasteiger partial charge in [0.2, 0.25) is 5.91 Å². The predicted molar refractivity (Wildman–Crippen MR) is 88.6 cm³/mol. The summed E-state index contributed by atoms with van der Waals surface area (Å²) in [5.74, 6) is -1.54. The third-order valence-corrected chi connectivity index (χ3v) is 5.44. The van der Waals surface area contributed by atoms with Crippen LogP contribution in [0.3, 0.4) is 0 Å². The molecule has 1 aromatic carbocycles. The first-order valence-electron chi connectivity index (χ1n) is 7.02. The highest BCUT2D eigenvalue weighted by molar-refractivity contribution is 7.90. The number of aryl methyl sites for hydroxylation is 1. The number of benzene rings is 1. The molecule has 1 rings (SSSR count). The van der Waals surface area contributed by atoms with Crippen molar-refractivity contribution >= 4 is 33.4 Å². The van der Waals surface area contributed by atoms with Crippen LogP contribution < -0.4 is 10.0 Å². The van der Waals surface area contributed by atoms with Crippen molar-refractivity contribution in [3.8, 4) is 0 Å². The molecule has 0 fully saturated rings. The number of hydrogen-bond donors (Lipinski definition) is 2. The minimum absolute atomic E-state index is 0.0766. The van der Waals surface area contributed by atoms with Gasteiger partial charge in [0.25, 0.3) is 15.9 Å². The van der Waals surface area contributed by atoms with Crippen LogP contribution in [-0.4, -0.2) is 25.8 Å². The van der Waals surface area contributed by atoms with Crippen molar-refractivity contribution in [3.63, 3.8) is 0 Å². The molecule has 1 aromatic rings.